The Morgan fingerprint density at radius 2 is 1.92 bits per heavy atom. The Hall–Kier alpha value is -3.77. The number of benzene rings is 2. The van der Waals surface area contributed by atoms with Crippen LogP contribution in [0, 0.1) is 5.92 Å². The molecular formula is C32H42N6. The number of likely N-dealkylation sites (tertiary alicyclic amines) is 1. The van der Waals surface area contributed by atoms with Crippen LogP contribution in [0.15, 0.2) is 96.0 Å². The summed E-state index contributed by atoms with van der Waals surface area (Å²) in [6.45, 7) is 17.4. The zero-order valence-electron chi connectivity index (χ0n) is 23.3. The molecule has 1 fully saturated rings. The SMILES string of the molecule is C=C/C(=C(/N=C(\C)N1CCC(N)CC1)N(C)C(=C)NCc1cccc(-c2cc3ccccc3[nH]2)c1)C(C)C. The normalized spacial score (nSPS) is 15.5. The van der Waals surface area contributed by atoms with E-state index in [-0.39, 0.29) is 12.0 Å². The monoisotopic (exact) mass is 510 g/mol. The van der Waals surface area contributed by atoms with Crippen LogP contribution in [-0.2, 0) is 6.54 Å². The van der Waals surface area contributed by atoms with Gasteiger partial charge in [-0.15, -0.1) is 0 Å². The number of fused-ring (bicyclic) bond motifs is 1. The predicted molar refractivity (Wildman–Crippen MR) is 161 cm³/mol. The molecule has 0 unspecified atom stereocenters. The lowest BCUT2D eigenvalue weighted by molar-refractivity contribution is 0.311. The molecule has 6 heteroatoms. The molecule has 0 spiro atoms. The standard InChI is InChI=1S/C32H42N6/c1-7-29(22(2)3)32(35-24(5)38-17-15-28(33)16-18-38)37(6)23(4)34-21-25-11-10-13-26(19-25)31-20-27-12-8-9-14-30(27)36-31/h7-14,19-20,22,28,34,36H,1,4,15-18,21,33H2,2-3,5-6H3/b32-29+,35-24+. The van der Waals surface area contributed by atoms with Crippen molar-refractivity contribution in [1.82, 2.24) is 20.1 Å². The molecule has 4 rings (SSSR count). The molecule has 0 aliphatic carbocycles. The molecule has 0 bridgehead atoms. The van der Waals surface area contributed by atoms with Crippen molar-refractivity contribution in [2.24, 2.45) is 16.6 Å². The lowest BCUT2D eigenvalue weighted by Crippen LogP contribution is -2.42. The number of amidine groups is 1. The van der Waals surface area contributed by atoms with E-state index in [0.717, 1.165) is 65.8 Å². The van der Waals surface area contributed by atoms with E-state index in [2.05, 4.69) is 104 Å². The summed E-state index contributed by atoms with van der Waals surface area (Å²) in [7, 11) is 2.01. The zero-order valence-corrected chi connectivity index (χ0v) is 23.3. The summed E-state index contributed by atoms with van der Waals surface area (Å²) in [6, 6.07) is 19.4. The summed E-state index contributed by atoms with van der Waals surface area (Å²) in [5.41, 5.74) is 11.8. The van der Waals surface area contributed by atoms with Gasteiger partial charge in [-0.3, -0.25) is 0 Å². The fraction of sp³-hybridized carbons (Fsp3) is 0.344. The molecule has 6 nitrogen and oxygen atoms in total. The maximum absolute atomic E-state index is 6.12. The number of nitrogens with two attached hydrogens (primary N) is 1. The Morgan fingerprint density at radius 1 is 1.18 bits per heavy atom. The highest BCUT2D eigenvalue weighted by Gasteiger charge is 2.20. The molecule has 1 aromatic heterocycles. The van der Waals surface area contributed by atoms with Gasteiger partial charge in [-0.25, -0.2) is 4.99 Å². The third-order valence-electron chi connectivity index (χ3n) is 7.35. The third-order valence-corrected chi connectivity index (χ3v) is 7.35. The maximum atomic E-state index is 6.12. The van der Waals surface area contributed by atoms with Crippen LogP contribution in [0.3, 0.4) is 0 Å². The molecule has 3 aromatic rings. The number of allylic oxidation sites excluding steroid dienone is 2. The van der Waals surface area contributed by atoms with Crippen molar-refractivity contribution in [3.8, 4) is 11.3 Å². The van der Waals surface area contributed by atoms with Crippen molar-refractivity contribution in [1.29, 1.82) is 0 Å². The van der Waals surface area contributed by atoms with Crippen LogP contribution in [0.25, 0.3) is 22.2 Å². The van der Waals surface area contributed by atoms with E-state index in [4.69, 9.17) is 10.7 Å². The van der Waals surface area contributed by atoms with Gasteiger partial charge in [-0.05, 0) is 60.6 Å². The number of aromatic nitrogens is 1. The van der Waals surface area contributed by atoms with Gasteiger partial charge in [0.25, 0.3) is 0 Å². The molecule has 38 heavy (non-hydrogen) atoms. The summed E-state index contributed by atoms with van der Waals surface area (Å²) in [5, 5.41) is 4.73. The van der Waals surface area contributed by atoms with Crippen LogP contribution in [0.4, 0.5) is 0 Å². The number of aromatic amines is 1. The Kier molecular flexibility index (Phi) is 8.74. The van der Waals surface area contributed by atoms with Gasteiger partial charge in [-0.2, -0.15) is 0 Å². The molecule has 0 atom stereocenters. The largest absolute Gasteiger partial charge is 0.368 e. The van der Waals surface area contributed by atoms with E-state index >= 15 is 0 Å². The predicted octanol–water partition coefficient (Wildman–Crippen LogP) is 6.22. The first-order valence-electron chi connectivity index (χ1n) is 13.5. The number of piperidine rings is 1. The van der Waals surface area contributed by atoms with Gasteiger partial charge in [0.15, 0.2) is 0 Å². The first-order valence-corrected chi connectivity index (χ1v) is 13.5. The molecule has 0 saturated carbocycles. The lowest BCUT2D eigenvalue weighted by Gasteiger charge is -2.33. The molecule has 0 radical (unpaired) electrons. The van der Waals surface area contributed by atoms with E-state index in [1.807, 2.05) is 18.0 Å². The first-order chi connectivity index (χ1) is 18.3. The van der Waals surface area contributed by atoms with E-state index in [1.165, 1.54) is 10.9 Å². The summed E-state index contributed by atoms with van der Waals surface area (Å²) in [5.74, 6) is 2.93. The minimum Gasteiger partial charge on any atom is -0.368 e. The van der Waals surface area contributed by atoms with Crippen LogP contribution >= 0.6 is 0 Å². The molecular weight excluding hydrogens is 468 g/mol. The second kappa shape index (κ2) is 12.2. The van der Waals surface area contributed by atoms with E-state index in [1.54, 1.807) is 0 Å². The van der Waals surface area contributed by atoms with Crippen molar-refractivity contribution in [3.63, 3.8) is 0 Å². The van der Waals surface area contributed by atoms with Gasteiger partial charge in [0.05, 0.1) is 5.82 Å². The molecule has 0 amide bonds. The average molecular weight is 511 g/mol. The molecule has 200 valence electrons. The smallest absolute Gasteiger partial charge is 0.139 e. The summed E-state index contributed by atoms with van der Waals surface area (Å²) >= 11 is 0. The van der Waals surface area contributed by atoms with Crippen LogP contribution in [0.1, 0.15) is 39.2 Å². The molecule has 4 N–H and O–H groups in total. The van der Waals surface area contributed by atoms with Crippen molar-refractivity contribution in [3.05, 3.63) is 96.6 Å². The summed E-state index contributed by atoms with van der Waals surface area (Å²) in [6.07, 6.45) is 3.90. The molecule has 2 heterocycles. The Balaban J connectivity index is 1.50. The van der Waals surface area contributed by atoms with Crippen molar-refractivity contribution >= 4 is 16.7 Å². The number of hydrogen-bond acceptors (Lipinski definition) is 4. The number of rotatable bonds is 9. The first kappa shape index (κ1) is 27.3. The number of aliphatic imine (C=N–C) groups is 1. The number of hydrogen-bond donors (Lipinski definition) is 3. The van der Waals surface area contributed by atoms with Gasteiger partial charge in [0.1, 0.15) is 11.7 Å². The minimum atomic E-state index is 0.275. The Bertz CT molecular complexity index is 1300. The summed E-state index contributed by atoms with van der Waals surface area (Å²) in [4.78, 5) is 13.0. The second-order valence-corrected chi connectivity index (χ2v) is 10.5. The summed E-state index contributed by atoms with van der Waals surface area (Å²) < 4.78 is 0. The van der Waals surface area contributed by atoms with Crippen LogP contribution in [0.2, 0.25) is 0 Å². The highest BCUT2D eigenvalue weighted by atomic mass is 15.3. The molecule has 1 aliphatic rings. The average Bonchev–Trinajstić information content (AvgIpc) is 3.36. The van der Waals surface area contributed by atoms with Crippen LogP contribution < -0.4 is 11.1 Å². The van der Waals surface area contributed by atoms with E-state index in [0.29, 0.717) is 6.54 Å². The molecule has 1 saturated heterocycles. The number of H-pyrrole nitrogens is 1. The highest BCUT2D eigenvalue weighted by molar-refractivity contribution is 5.85. The van der Waals surface area contributed by atoms with Gasteiger partial charge < -0.3 is 25.8 Å². The number of para-hydroxylation sites is 1. The fourth-order valence-electron chi connectivity index (χ4n) is 4.89. The van der Waals surface area contributed by atoms with Crippen molar-refractivity contribution in [2.45, 2.75) is 46.2 Å². The van der Waals surface area contributed by atoms with Gasteiger partial charge in [-0.1, -0.05) is 69.5 Å². The van der Waals surface area contributed by atoms with Crippen molar-refractivity contribution < 1.29 is 0 Å². The highest BCUT2D eigenvalue weighted by Crippen LogP contribution is 2.26. The Labute approximate surface area is 227 Å². The Morgan fingerprint density at radius 3 is 2.61 bits per heavy atom. The lowest BCUT2D eigenvalue weighted by atomic mass is 10.0. The zero-order chi connectivity index (χ0) is 27.2. The van der Waals surface area contributed by atoms with Gasteiger partial charge in [0.2, 0.25) is 0 Å². The maximum Gasteiger partial charge on any atom is 0.139 e. The quantitative estimate of drug-likeness (QED) is 0.181. The second-order valence-electron chi connectivity index (χ2n) is 10.5. The number of nitrogens with zero attached hydrogens (tertiary/aromatic N) is 3. The topological polar surface area (TPSA) is 72.7 Å². The van der Waals surface area contributed by atoms with Crippen LogP contribution in [0.5, 0.6) is 0 Å². The molecule has 2 aromatic carbocycles. The van der Waals surface area contributed by atoms with E-state index in [9.17, 15) is 0 Å². The van der Waals surface area contributed by atoms with Crippen LogP contribution in [-0.4, -0.2) is 46.8 Å². The number of nitrogens with one attached hydrogen (secondary N) is 2. The van der Waals surface area contributed by atoms with E-state index < -0.39 is 0 Å². The molecule has 1 aliphatic heterocycles. The van der Waals surface area contributed by atoms with Crippen molar-refractivity contribution in [2.75, 3.05) is 20.1 Å². The van der Waals surface area contributed by atoms with Gasteiger partial charge in [0, 0.05) is 49.3 Å². The minimum absolute atomic E-state index is 0.275. The fourth-order valence-corrected chi connectivity index (χ4v) is 4.89. The third kappa shape index (κ3) is 6.37. The van der Waals surface area contributed by atoms with Gasteiger partial charge >= 0.3 is 0 Å².